The Morgan fingerprint density at radius 1 is 1.07 bits per heavy atom. The van der Waals surface area contributed by atoms with E-state index >= 15 is 0 Å². The molecule has 2 heteroatoms. The fraction of sp³-hybridized carbons (Fsp3) is 0.680. The lowest BCUT2D eigenvalue weighted by molar-refractivity contribution is -0.0522. The zero-order valence-corrected chi connectivity index (χ0v) is 17.2. The van der Waals surface area contributed by atoms with Gasteiger partial charge in [0.25, 0.3) is 0 Å². The Labute approximate surface area is 164 Å². The summed E-state index contributed by atoms with van der Waals surface area (Å²) in [5.74, 6) is 2.98. The number of nitrogens with zero attached hydrogens (tertiary/aromatic N) is 1. The van der Waals surface area contributed by atoms with E-state index in [2.05, 4.69) is 62.3 Å². The minimum atomic E-state index is -0.111. The molecular formula is C25H35NO. The Morgan fingerprint density at radius 2 is 1.89 bits per heavy atom. The van der Waals surface area contributed by atoms with Crippen molar-refractivity contribution >= 4 is 0 Å². The topological polar surface area (TPSA) is 23.5 Å². The molecule has 2 saturated carbocycles. The molecule has 2 nitrogen and oxygen atoms in total. The van der Waals surface area contributed by atoms with Crippen molar-refractivity contribution in [3.05, 3.63) is 47.9 Å². The second kappa shape index (κ2) is 6.11. The monoisotopic (exact) mass is 365 g/mol. The first-order valence-electron chi connectivity index (χ1n) is 11.1. The third kappa shape index (κ3) is 2.48. The second-order valence-corrected chi connectivity index (χ2v) is 10.4. The van der Waals surface area contributed by atoms with E-state index in [9.17, 15) is 5.11 Å². The number of aliphatic hydroxyl groups is 1. The van der Waals surface area contributed by atoms with Crippen LogP contribution in [0.5, 0.6) is 0 Å². The average Bonchev–Trinajstić information content (AvgIpc) is 3.01. The maximum atomic E-state index is 10.2. The Hall–Kier alpha value is -1.28. The summed E-state index contributed by atoms with van der Waals surface area (Å²) in [4.78, 5) is 2.49. The van der Waals surface area contributed by atoms with E-state index in [0.29, 0.717) is 16.7 Å². The molecule has 0 amide bonds. The molecule has 27 heavy (non-hydrogen) atoms. The maximum Gasteiger partial charge on any atom is 0.0577 e. The van der Waals surface area contributed by atoms with Crippen LogP contribution in [0.1, 0.15) is 59.3 Å². The average molecular weight is 366 g/mol. The molecule has 5 aliphatic rings. The zero-order chi connectivity index (χ0) is 18.8. The molecule has 146 valence electrons. The van der Waals surface area contributed by atoms with Gasteiger partial charge in [-0.25, -0.2) is 0 Å². The van der Waals surface area contributed by atoms with Crippen LogP contribution in [0.25, 0.3) is 0 Å². The highest BCUT2D eigenvalue weighted by atomic mass is 16.3. The molecule has 0 aromatic carbocycles. The lowest BCUT2D eigenvalue weighted by Crippen LogP contribution is -2.53. The molecule has 0 spiro atoms. The number of aliphatic hydroxyl groups excluding tert-OH is 1. The van der Waals surface area contributed by atoms with Crippen molar-refractivity contribution in [2.24, 2.45) is 34.5 Å². The highest BCUT2D eigenvalue weighted by molar-refractivity contribution is 5.32. The van der Waals surface area contributed by atoms with Gasteiger partial charge in [-0.05, 0) is 73.7 Å². The molecule has 0 aromatic rings. The second-order valence-electron chi connectivity index (χ2n) is 10.4. The van der Waals surface area contributed by atoms with E-state index in [4.69, 9.17) is 0 Å². The van der Waals surface area contributed by atoms with Gasteiger partial charge in [0.1, 0.15) is 0 Å². The van der Waals surface area contributed by atoms with E-state index in [1.807, 2.05) is 0 Å². The summed E-state index contributed by atoms with van der Waals surface area (Å²) in [7, 11) is 0. The molecule has 4 aliphatic carbocycles. The molecule has 7 atom stereocenters. The summed E-state index contributed by atoms with van der Waals surface area (Å²) in [6, 6.07) is 0. The summed E-state index contributed by atoms with van der Waals surface area (Å²) >= 11 is 0. The Balaban J connectivity index is 1.48. The first-order chi connectivity index (χ1) is 12.9. The molecule has 1 aliphatic heterocycles. The highest BCUT2D eigenvalue weighted by Gasteiger charge is 2.58. The van der Waals surface area contributed by atoms with Gasteiger partial charge in [0.05, 0.1) is 6.10 Å². The molecule has 0 aromatic heterocycles. The number of hydrogen-bond donors (Lipinski definition) is 1. The van der Waals surface area contributed by atoms with E-state index in [1.165, 1.54) is 25.7 Å². The number of rotatable bonds is 1. The van der Waals surface area contributed by atoms with Gasteiger partial charge in [-0.1, -0.05) is 50.6 Å². The summed E-state index contributed by atoms with van der Waals surface area (Å²) < 4.78 is 0. The normalized spacial score (nSPS) is 48.4. The van der Waals surface area contributed by atoms with Gasteiger partial charge in [0.15, 0.2) is 0 Å². The van der Waals surface area contributed by atoms with E-state index in [-0.39, 0.29) is 6.10 Å². The van der Waals surface area contributed by atoms with Gasteiger partial charge in [0, 0.05) is 23.9 Å². The van der Waals surface area contributed by atoms with Crippen LogP contribution in [0, 0.1) is 34.5 Å². The van der Waals surface area contributed by atoms with Crippen LogP contribution < -0.4 is 0 Å². The van der Waals surface area contributed by atoms with Crippen LogP contribution in [-0.2, 0) is 0 Å². The predicted octanol–water partition coefficient (Wildman–Crippen LogP) is 5.44. The van der Waals surface area contributed by atoms with Crippen LogP contribution >= 0.6 is 0 Å². The smallest absolute Gasteiger partial charge is 0.0577 e. The predicted molar refractivity (Wildman–Crippen MR) is 111 cm³/mol. The van der Waals surface area contributed by atoms with E-state index < -0.39 is 0 Å². The molecule has 1 N–H and O–H groups in total. The molecule has 0 bridgehead atoms. The maximum absolute atomic E-state index is 10.2. The third-order valence-corrected chi connectivity index (χ3v) is 9.07. The van der Waals surface area contributed by atoms with Gasteiger partial charge in [-0.2, -0.15) is 0 Å². The van der Waals surface area contributed by atoms with Crippen molar-refractivity contribution in [3.8, 4) is 0 Å². The molecular weight excluding hydrogens is 330 g/mol. The molecule has 0 radical (unpaired) electrons. The van der Waals surface area contributed by atoms with Crippen LogP contribution in [0.3, 0.4) is 0 Å². The van der Waals surface area contributed by atoms with Crippen molar-refractivity contribution < 1.29 is 5.11 Å². The Bertz CT molecular complexity index is 745. The van der Waals surface area contributed by atoms with Gasteiger partial charge in [-0.3, -0.25) is 0 Å². The van der Waals surface area contributed by atoms with Crippen LogP contribution in [-0.4, -0.2) is 22.7 Å². The number of fused-ring (bicyclic) bond motifs is 5. The number of hydrogen-bond acceptors (Lipinski definition) is 2. The van der Waals surface area contributed by atoms with E-state index in [0.717, 1.165) is 37.1 Å². The number of allylic oxidation sites excluding steroid dienone is 5. The minimum Gasteiger partial charge on any atom is -0.393 e. The van der Waals surface area contributed by atoms with Crippen LogP contribution in [0.15, 0.2) is 47.9 Å². The lowest BCUT2D eigenvalue weighted by atomic mass is 9.46. The summed E-state index contributed by atoms with van der Waals surface area (Å²) in [5, 5.41) is 10.2. The standard InChI is InChI=1S/C25H35NO/c1-17-15-18-16-19(27)9-11-24(18,2)21-10-12-25(3)20(23(17)21)7-8-22(25)26-13-5-4-6-14-26/h4-6,8,13,15,17,19-21,23,27H,7,9-12,14,16H2,1-3H3/t17-,19-,20-,21-,23-,24-,25-/m0/s1. The van der Waals surface area contributed by atoms with Crippen LogP contribution in [0.2, 0.25) is 0 Å². The SMILES string of the molecule is C[C@H]1C=C2C[C@@H](O)CC[C@]2(C)[C@H]2CC[C@]3(C)C(N4C=CC=CC4)=CC[C@H]3[C@H]12. The Morgan fingerprint density at radius 3 is 2.67 bits per heavy atom. The van der Waals surface area contributed by atoms with Crippen molar-refractivity contribution in [2.75, 3.05) is 6.54 Å². The fourth-order valence-corrected chi connectivity index (χ4v) is 7.64. The molecule has 5 rings (SSSR count). The highest BCUT2D eigenvalue weighted by Crippen LogP contribution is 2.66. The van der Waals surface area contributed by atoms with Gasteiger partial charge >= 0.3 is 0 Å². The molecule has 0 unspecified atom stereocenters. The summed E-state index contributed by atoms with van der Waals surface area (Å²) in [6.45, 7) is 8.56. The lowest BCUT2D eigenvalue weighted by Gasteiger charge is -2.59. The van der Waals surface area contributed by atoms with Gasteiger partial charge in [0.2, 0.25) is 0 Å². The van der Waals surface area contributed by atoms with Crippen molar-refractivity contribution in [1.29, 1.82) is 0 Å². The summed E-state index contributed by atoms with van der Waals surface area (Å²) in [6.07, 6.45) is 20.9. The molecule has 2 fully saturated rings. The molecule has 0 saturated heterocycles. The van der Waals surface area contributed by atoms with E-state index in [1.54, 1.807) is 11.3 Å². The third-order valence-electron chi connectivity index (χ3n) is 9.07. The molecule has 1 heterocycles. The van der Waals surface area contributed by atoms with Crippen molar-refractivity contribution in [2.45, 2.75) is 65.4 Å². The fourth-order valence-electron chi connectivity index (χ4n) is 7.64. The minimum absolute atomic E-state index is 0.111. The summed E-state index contributed by atoms with van der Waals surface area (Å²) in [5.41, 5.74) is 3.81. The Kier molecular flexibility index (Phi) is 4.03. The van der Waals surface area contributed by atoms with Crippen molar-refractivity contribution in [1.82, 2.24) is 4.90 Å². The van der Waals surface area contributed by atoms with Crippen LogP contribution in [0.4, 0.5) is 0 Å². The van der Waals surface area contributed by atoms with Gasteiger partial charge in [-0.15, -0.1) is 0 Å². The first kappa shape index (κ1) is 17.8. The quantitative estimate of drug-likeness (QED) is 0.626. The largest absolute Gasteiger partial charge is 0.393 e. The van der Waals surface area contributed by atoms with Gasteiger partial charge < -0.3 is 10.0 Å². The zero-order valence-electron chi connectivity index (χ0n) is 17.2. The van der Waals surface area contributed by atoms with Crippen molar-refractivity contribution in [3.63, 3.8) is 0 Å². The first-order valence-corrected chi connectivity index (χ1v) is 11.1.